The van der Waals surface area contributed by atoms with Gasteiger partial charge in [0, 0.05) is 16.5 Å². The first-order valence-electron chi connectivity index (χ1n) is 12.0. The standard InChI is InChI=1S/C26H26N4O9S2/c1-14-22-20(29-40(3,35)36)5-4-6-21(22)39-24(14)25(32)28-17-9-12-19(27-13-17)16-7-10-18(11-8-16)41(37,38)30-23(15(2)31)26(33)34/h4-13,15,23,29-31H,1-3H3,(H,28,32)(H,33,34). The number of furan rings is 1. The van der Waals surface area contributed by atoms with Gasteiger partial charge in [-0.2, -0.15) is 4.72 Å². The van der Waals surface area contributed by atoms with Crippen LogP contribution < -0.4 is 14.8 Å². The minimum atomic E-state index is -4.22. The molecule has 13 nitrogen and oxygen atoms in total. The molecule has 0 spiro atoms. The Balaban J connectivity index is 1.50. The van der Waals surface area contributed by atoms with Crippen molar-refractivity contribution in [2.75, 3.05) is 16.3 Å². The lowest BCUT2D eigenvalue weighted by Crippen LogP contribution is -2.47. The largest absolute Gasteiger partial charge is 0.480 e. The number of carbonyl (C=O) groups is 2. The Morgan fingerprint density at radius 1 is 1.00 bits per heavy atom. The van der Waals surface area contributed by atoms with E-state index in [1.54, 1.807) is 37.3 Å². The van der Waals surface area contributed by atoms with Gasteiger partial charge < -0.3 is 19.9 Å². The van der Waals surface area contributed by atoms with Gasteiger partial charge in [0.2, 0.25) is 20.0 Å². The van der Waals surface area contributed by atoms with Crippen molar-refractivity contribution in [2.45, 2.75) is 30.9 Å². The van der Waals surface area contributed by atoms with E-state index in [4.69, 9.17) is 9.52 Å². The van der Waals surface area contributed by atoms with Crippen LogP contribution in [0.15, 0.2) is 70.1 Å². The van der Waals surface area contributed by atoms with Gasteiger partial charge in [-0.25, -0.2) is 16.8 Å². The molecule has 0 bridgehead atoms. The third-order valence-corrected chi connectivity index (χ3v) is 8.02. The molecule has 2 heterocycles. The number of aliphatic carboxylic acids is 1. The lowest BCUT2D eigenvalue weighted by molar-refractivity contribution is -0.141. The number of aliphatic hydroxyl groups is 1. The van der Waals surface area contributed by atoms with Gasteiger partial charge in [-0.05, 0) is 50.2 Å². The number of sulfonamides is 2. The van der Waals surface area contributed by atoms with Crippen molar-refractivity contribution in [3.8, 4) is 11.3 Å². The summed E-state index contributed by atoms with van der Waals surface area (Å²) in [5, 5.41) is 21.8. The van der Waals surface area contributed by atoms with Crippen LogP contribution in [0.4, 0.5) is 11.4 Å². The summed E-state index contributed by atoms with van der Waals surface area (Å²) in [4.78, 5) is 28.3. The second-order valence-corrected chi connectivity index (χ2v) is 12.7. The Labute approximate surface area is 235 Å². The number of aryl methyl sites for hydroxylation is 1. The first-order valence-corrected chi connectivity index (χ1v) is 15.3. The lowest BCUT2D eigenvalue weighted by Gasteiger charge is -2.17. The van der Waals surface area contributed by atoms with E-state index in [9.17, 15) is 31.5 Å². The maximum Gasteiger partial charge on any atom is 0.324 e. The van der Waals surface area contributed by atoms with Crippen LogP contribution in [-0.4, -0.2) is 62.3 Å². The average molecular weight is 603 g/mol. The Hall–Kier alpha value is -4.31. The number of fused-ring (bicyclic) bond motifs is 1. The van der Waals surface area contributed by atoms with Gasteiger partial charge in [0.05, 0.1) is 40.5 Å². The normalized spacial score (nSPS) is 13.5. The molecule has 5 N–H and O–H groups in total. The topological polar surface area (TPSA) is 205 Å². The molecule has 0 radical (unpaired) electrons. The van der Waals surface area contributed by atoms with Gasteiger partial charge in [0.15, 0.2) is 5.76 Å². The molecule has 4 aromatic rings. The van der Waals surface area contributed by atoms with Gasteiger partial charge in [-0.3, -0.25) is 19.3 Å². The van der Waals surface area contributed by atoms with Crippen LogP contribution in [0.3, 0.4) is 0 Å². The maximum absolute atomic E-state index is 13.0. The number of carbonyl (C=O) groups excluding carboxylic acids is 1. The number of hydrogen-bond acceptors (Lipinski definition) is 9. The Bertz CT molecular complexity index is 1830. The van der Waals surface area contributed by atoms with Gasteiger partial charge in [0.1, 0.15) is 11.6 Å². The number of nitrogens with one attached hydrogen (secondary N) is 3. The number of benzene rings is 2. The summed E-state index contributed by atoms with van der Waals surface area (Å²) in [6.07, 6.45) is 0.971. The van der Waals surface area contributed by atoms with Crippen molar-refractivity contribution in [3.05, 3.63) is 72.1 Å². The SMILES string of the molecule is Cc1c(C(=O)Nc2ccc(-c3ccc(S(=O)(=O)NC(C(=O)O)C(C)O)cc3)nc2)oc2cccc(NS(C)(=O)=O)c12. The number of carboxylic acid groups (broad SMARTS) is 1. The number of nitrogens with zero attached hydrogens (tertiary/aromatic N) is 1. The molecule has 2 atom stereocenters. The highest BCUT2D eigenvalue weighted by Crippen LogP contribution is 2.32. The molecule has 2 aromatic carbocycles. The fraction of sp³-hybridized carbons (Fsp3) is 0.192. The molecule has 41 heavy (non-hydrogen) atoms. The fourth-order valence-corrected chi connectivity index (χ4v) is 5.86. The fourth-order valence-electron chi connectivity index (χ4n) is 4.03. The number of aliphatic hydroxyl groups excluding tert-OH is 1. The van der Waals surface area contributed by atoms with E-state index in [0.717, 1.165) is 13.2 Å². The molecule has 0 aliphatic carbocycles. The predicted molar refractivity (Wildman–Crippen MR) is 150 cm³/mol. The number of anilines is 2. The Morgan fingerprint density at radius 2 is 1.68 bits per heavy atom. The first-order chi connectivity index (χ1) is 19.2. The molecule has 0 aliphatic heterocycles. The van der Waals surface area contributed by atoms with Crippen molar-refractivity contribution >= 4 is 54.3 Å². The summed E-state index contributed by atoms with van der Waals surface area (Å²) in [6, 6.07) is 11.8. The molecular weight excluding hydrogens is 576 g/mol. The molecule has 0 saturated carbocycles. The van der Waals surface area contributed by atoms with Crippen molar-refractivity contribution in [1.82, 2.24) is 9.71 Å². The summed E-state index contributed by atoms with van der Waals surface area (Å²) in [7, 11) is -7.78. The predicted octanol–water partition coefficient (Wildman–Crippen LogP) is 2.54. The van der Waals surface area contributed by atoms with Crippen molar-refractivity contribution in [3.63, 3.8) is 0 Å². The van der Waals surface area contributed by atoms with Gasteiger partial charge in [-0.1, -0.05) is 18.2 Å². The van der Waals surface area contributed by atoms with E-state index >= 15 is 0 Å². The zero-order valence-corrected chi connectivity index (χ0v) is 23.6. The van der Waals surface area contributed by atoms with E-state index in [0.29, 0.717) is 33.5 Å². The minimum Gasteiger partial charge on any atom is -0.480 e. The Morgan fingerprint density at radius 3 is 2.24 bits per heavy atom. The summed E-state index contributed by atoms with van der Waals surface area (Å²) < 4.78 is 58.6. The number of hydrogen-bond donors (Lipinski definition) is 5. The summed E-state index contributed by atoms with van der Waals surface area (Å²) in [5.41, 5.74) is 2.42. The summed E-state index contributed by atoms with van der Waals surface area (Å²) >= 11 is 0. The van der Waals surface area contributed by atoms with Crippen LogP contribution in [-0.2, 0) is 24.8 Å². The molecule has 15 heteroatoms. The molecule has 216 valence electrons. The maximum atomic E-state index is 13.0. The van der Waals surface area contributed by atoms with Gasteiger partial charge in [-0.15, -0.1) is 0 Å². The van der Waals surface area contributed by atoms with Crippen LogP contribution in [0.25, 0.3) is 22.2 Å². The third-order valence-electron chi connectivity index (χ3n) is 5.97. The van der Waals surface area contributed by atoms with Crippen molar-refractivity contribution < 1.29 is 41.1 Å². The second kappa shape index (κ2) is 11.3. The molecule has 0 saturated heterocycles. The smallest absolute Gasteiger partial charge is 0.324 e. The highest BCUT2D eigenvalue weighted by molar-refractivity contribution is 7.92. The molecule has 0 fully saturated rings. The number of rotatable bonds is 10. The van der Waals surface area contributed by atoms with Crippen molar-refractivity contribution in [1.29, 1.82) is 0 Å². The molecule has 0 aliphatic rings. The minimum absolute atomic E-state index is 0.00189. The summed E-state index contributed by atoms with van der Waals surface area (Å²) in [6.45, 7) is 2.80. The van der Waals surface area contributed by atoms with Gasteiger partial charge >= 0.3 is 5.97 Å². The van der Waals surface area contributed by atoms with E-state index in [2.05, 4.69) is 15.0 Å². The number of aromatic nitrogens is 1. The molecule has 1 amide bonds. The van der Waals surface area contributed by atoms with Gasteiger partial charge in [0.25, 0.3) is 5.91 Å². The number of carboxylic acids is 1. The molecular formula is C26H26N4O9S2. The highest BCUT2D eigenvalue weighted by Gasteiger charge is 2.29. The Kier molecular flexibility index (Phi) is 8.17. The third kappa shape index (κ3) is 6.71. The van der Waals surface area contributed by atoms with Crippen LogP contribution in [0, 0.1) is 6.92 Å². The molecule has 2 unspecified atom stereocenters. The summed E-state index contributed by atoms with van der Waals surface area (Å²) in [5.74, 6) is -2.09. The van der Waals surface area contributed by atoms with Crippen LogP contribution in [0.2, 0.25) is 0 Å². The molecule has 2 aromatic heterocycles. The molecule has 4 rings (SSSR count). The zero-order chi connectivity index (χ0) is 30.1. The van der Waals surface area contributed by atoms with Crippen molar-refractivity contribution in [2.24, 2.45) is 0 Å². The van der Waals surface area contributed by atoms with E-state index < -0.39 is 44.1 Å². The number of amides is 1. The second-order valence-electron chi connectivity index (χ2n) is 9.20. The van der Waals surface area contributed by atoms with E-state index in [1.165, 1.54) is 30.5 Å². The van der Waals surface area contributed by atoms with Crippen LogP contribution >= 0.6 is 0 Å². The van der Waals surface area contributed by atoms with E-state index in [1.807, 2.05) is 4.72 Å². The zero-order valence-electron chi connectivity index (χ0n) is 21.9. The monoisotopic (exact) mass is 602 g/mol. The highest BCUT2D eigenvalue weighted by atomic mass is 32.2. The quantitative estimate of drug-likeness (QED) is 0.179. The first kappa shape index (κ1) is 29.7. The van der Waals surface area contributed by atoms with Crippen LogP contribution in [0.1, 0.15) is 23.0 Å². The average Bonchev–Trinajstić information content (AvgIpc) is 3.24. The van der Waals surface area contributed by atoms with E-state index in [-0.39, 0.29) is 16.3 Å². The van der Waals surface area contributed by atoms with Crippen LogP contribution in [0.5, 0.6) is 0 Å². The number of pyridine rings is 1. The lowest BCUT2D eigenvalue weighted by atomic mass is 10.1.